The molecule has 0 aliphatic carbocycles. The Balaban J connectivity index is 3.33. The molecule has 148 valence electrons. The fourth-order valence-corrected chi connectivity index (χ4v) is 2.96. The van der Waals surface area contributed by atoms with Gasteiger partial charge in [-0.15, -0.1) is 0 Å². The zero-order valence-corrected chi connectivity index (χ0v) is 17.5. The van der Waals surface area contributed by atoms with E-state index in [0.717, 1.165) is 17.3 Å². The predicted octanol–water partition coefficient (Wildman–Crippen LogP) is 3.20. The van der Waals surface area contributed by atoms with E-state index in [0.29, 0.717) is 45.8 Å². The number of hydrazine groups is 1. The van der Waals surface area contributed by atoms with Crippen molar-refractivity contribution in [1.29, 1.82) is 5.41 Å². The number of anilines is 1. The number of carbonyl (C=O) groups is 1. The molecule has 0 heterocycles. The van der Waals surface area contributed by atoms with Gasteiger partial charge in [-0.3, -0.25) is 4.79 Å². The predicted molar refractivity (Wildman–Crippen MR) is 115 cm³/mol. The van der Waals surface area contributed by atoms with Crippen molar-refractivity contribution in [3.63, 3.8) is 0 Å². The number of carbonyl (C=O) groups excluding carboxylic acids is 1. The first-order valence-corrected chi connectivity index (χ1v) is 9.53. The second kappa shape index (κ2) is 11.7. The van der Waals surface area contributed by atoms with E-state index in [1.165, 1.54) is 0 Å². The normalized spacial score (nSPS) is 12.3. The molecule has 0 spiro atoms. The molecule has 1 rings (SSSR count). The van der Waals surface area contributed by atoms with Crippen LogP contribution in [0, 0.1) is 5.41 Å². The summed E-state index contributed by atoms with van der Waals surface area (Å²) in [4.78, 5) is 12.8. The van der Waals surface area contributed by atoms with Gasteiger partial charge in [0.05, 0.1) is 16.1 Å². The van der Waals surface area contributed by atoms with E-state index >= 15 is 0 Å². The number of hydrogen-bond donors (Lipinski definition) is 4. The van der Waals surface area contributed by atoms with Gasteiger partial charge in [-0.05, 0) is 32.0 Å². The number of rotatable bonds is 10. The van der Waals surface area contributed by atoms with E-state index < -0.39 is 0 Å². The lowest BCUT2D eigenvalue weighted by atomic mass is 10.1. The van der Waals surface area contributed by atoms with Crippen LogP contribution in [0.25, 0.3) is 5.70 Å². The summed E-state index contributed by atoms with van der Waals surface area (Å²) < 4.78 is 5.75. The van der Waals surface area contributed by atoms with E-state index in [-0.39, 0.29) is 5.91 Å². The van der Waals surface area contributed by atoms with Crippen LogP contribution in [0.5, 0.6) is 5.75 Å². The molecule has 0 radical (unpaired) electrons. The van der Waals surface area contributed by atoms with Gasteiger partial charge in [-0.1, -0.05) is 29.4 Å². The topological polar surface area (TPSA) is 103 Å². The van der Waals surface area contributed by atoms with Crippen molar-refractivity contribution < 1.29 is 9.53 Å². The van der Waals surface area contributed by atoms with Gasteiger partial charge >= 0.3 is 0 Å². The summed E-state index contributed by atoms with van der Waals surface area (Å²) in [6, 6.07) is 5.31. The van der Waals surface area contributed by atoms with Crippen molar-refractivity contribution in [2.24, 2.45) is 5.73 Å². The molecule has 5 N–H and O–H groups in total. The number of thioether (sulfide) groups is 1. The number of nitrogens with two attached hydrogens (primary N) is 1. The SMILES string of the molecule is C/C=C(/SC=N)C(=O)Nc1ccc(OCCN)c(/C(=C(/C)Cl)N(C)NC)c1. The number of nitrogens with zero attached hydrogens (tertiary/aromatic N) is 1. The Morgan fingerprint density at radius 2 is 2.19 bits per heavy atom. The minimum absolute atomic E-state index is 0.289. The lowest BCUT2D eigenvalue weighted by Crippen LogP contribution is -2.30. The number of allylic oxidation sites excluding steroid dienone is 2. The molecule has 27 heavy (non-hydrogen) atoms. The maximum atomic E-state index is 12.4. The van der Waals surface area contributed by atoms with Crippen molar-refractivity contribution in [3.8, 4) is 5.75 Å². The highest BCUT2D eigenvalue weighted by Gasteiger charge is 2.17. The summed E-state index contributed by atoms with van der Waals surface area (Å²) in [6.07, 6.45) is 1.66. The van der Waals surface area contributed by atoms with E-state index in [9.17, 15) is 4.79 Å². The average molecular weight is 412 g/mol. The summed E-state index contributed by atoms with van der Waals surface area (Å²) in [6.45, 7) is 4.26. The molecule has 9 heteroatoms. The minimum atomic E-state index is -0.289. The Morgan fingerprint density at radius 1 is 1.48 bits per heavy atom. The van der Waals surface area contributed by atoms with E-state index in [4.69, 9.17) is 27.5 Å². The first-order valence-electron chi connectivity index (χ1n) is 8.27. The Morgan fingerprint density at radius 3 is 2.70 bits per heavy atom. The van der Waals surface area contributed by atoms with Crippen LogP contribution in [-0.4, -0.2) is 43.7 Å². The lowest BCUT2D eigenvalue weighted by molar-refractivity contribution is -0.112. The number of hydrogen-bond acceptors (Lipinski definition) is 7. The molecule has 0 aliphatic rings. The van der Waals surface area contributed by atoms with Gasteiger partial charge in [-0.25, -0.2) is 5.43 Å². The molecule has 7 nitrogen and oxygen atoms in total. The average Bonchev–Trinajstić information content (AvgIpc) is 2.64. The van der Waals surface area contributed by atoms with Crippen molar-refractivity contribution in [1.82, 2.24) is 10.4 Å². The Bertz CT molecular complexity index is 732. The fourth-order valence-electron chi connectivity index (χ4n) is 2.31. The van der Waals surface area contributed by atoms with Crippen LogP contribution in [-0.2, 0) is 4.79 Å². The fraction of sp³-hybridized carbons (Fsp3) is 0.333. The third-order valence-electron chi connectivity index (χ3n) is 3.54. The third-order valence-corrected chi connectivity index (χ3v) is 4.51. The largest absolute Gasteiger partial charge is 0.492 e. The molecule has 1 aromatic rings. The summed E-state index contributed by atoms with van der Waals surface area (Å²) in [5, 5.41) is 12.3. The maximum absolute atomic E-state index is 12.4. The summed E-state index contributed by atoms with van der Waals surface area (Å²) in [7, 11) is 3.61. The van der Waals surface area contributed by atoms with Crippen LogP contribution in [0.1, 0.15) is 19.4 Å². The number of benzene rings is 1. The Kier molecular flexibility index (Phi) is 9.95. The van der Waals surface area contributed by atoms with Crippen LogP contribution in [0.3, 0.4) is 0 Å². The summed E-state index contributed by atoms with van der Waals surface area (Å²) in [5.74, 6) is 0.318. The van der Waals surface area contributed by atoms with E-state index in [1.807, 2.05) is 7.05 Å². The van der Waals surface area contributed by atoms with E-state index in [1.54, 1.807) is 50.2 Å². The zero-order valence-electron chi connectivity index (χ0n) is 15.9. The molecule has 0 saturated heterocycles. The van der Waals surface area contributed by atoms with Crippen molar-refractivity contribution in [2.75, 3.05) is 32.6 Å². The molecule has 1 amide bonds. The monoisotopic (exact) mass is 411 g/mol. The highest BCUT2D eigenvalue weighted by atomic mass is 35.5. The van der Waals surface area contributed by atoms with Crippen LogP contribution < -0.4 is 21.2 Å². The summed E-state index contributed by atoms with van der Waals surface area (Å²) >= 11 is 7.37. The first-order chi connectivity index (χ1) is 12.9. The van der Waals surface area contributed by atoms with Crippen molar-refractivity contribution in [2.45, 2.75) is 13.8 Å². The highest BCUT2D eigenvalue weighted by Crippen LogP contribution is 2.33. The quantitative estimate of drug-likeness (QED) is 0.204. The van der Waals surface area contributed by atoms with Gasteiger partial charge in [0.2, 0.25) is 0 Å². The lowest BCUT2D eigenvalue weighted by Gasteiger charge is -2.25. The van der Waals surface area contributed by atoms with Gasteiger partial charge < -0.3 is 26.2 Å². The second-order valence-electron chi connectivity index (χ2n) is 5.36. The molecule has 0 bridgehead atoms. The maximum Gasteiger partial charge on any atom is 0.262 e. The molecule has 0 saturated carbocycles. The number of amides is 1. The molecular weight excluding hydrogens is 386 g/mol. The standard InChI is InChI=1S/C18H26ClN5O2S/c1-5-16(27-11-21)18(25)23-13-6-7-15(26-9-8-20)14(10-13)17(12(2)19)24(4)22-3/h5-7,10-11,21-22H,8-9,20H2,1-4H3,(H,23,25)/b16-5+,17-12+,21-11?. The molecular formula is C18H26ClN5O2S. The highest BCUT2D eigenvalue weighted by molar-refractivity contribution is 8.16. The van der Waals surface area contributed by atoms with Crippen LogP contribution in [0.2, 0.25) is 0 Å². The molecule has 0 aliphatic heterocycles. The summed E-state index contributed by atoms with van der Waals surface area (Å²) in [5.41, 5.74) is 11.7. The number of nitrogens with one attached hydrogen (secondary N) is 3. The van der Waals surface area contributed by atoms with Crippen molar-refractivity contribution in [3.05, 3.63) is 39.8 Å². The van der Waals surface area contributed by atoms with Gasteiger partial charge in [0.15, 0.2) is 0 Å². The molecule has 0 aromatic heterocycles. The number of halogens is 1. The number of ether oxygens (including phenoxy) is 1. The third kappa shape index (κ3) is 6.59. The van der Waals surface area contributed by atoms with Gasteiger partial charge in [0.1, 0.15) is 12.4 Å². The molecule has 1 aromatic carbocycles. The zero-order chi connectivity index (χ0) is 20.4. The van der Waals surface area contributed by atoms with Gasteiger partial charge in [0, 0.05) is 36.9 Å². The van der Waals surface area contributed by atoms with Crippen molar-refractivity contribution >= 4 is 46.2 Å². The van der Waals surface area contributed by atoms with Crippen LogP contribution in [0.15, 0.2) is 34.2 Å². The molecule has 0 fully saturated rings. The second-order valence-corrected chi connectivity index (χ2v) is 6.83. The Labute approximate surface area is 169 Å². The van der Waals surface area contributed by atoms with Gasteiger partial charge in [-0.2, -0.15) is 0 Å². The Hall–Kier alpha value is -2.00. The van der Waals surface area contributed by atoms with Crippen LogP contribution >= 0.6 is 23.4 Å². The first kappa shape index (κ1) is 23.0. The smallest absolute Gasteiger partial charge is 0.262 e. The van der Waals surface area contributed by atoms with Crippen LogP contribution in [0.4, 0.5) is 5.69 Å². The molecule has 0 unspecified atom stereocenters. The van der Waals surface area contributed by atoms with Gasteiger partial charge in [0.25, 0.3) is 5.91 Å². The molecule has 0 atom stereocenters. The van der Waals surface area contributed by atoms with E-state index in [2.05, 4.69) is 10.7 Å². The minimum Gasteiger partial charge on any atom is -0.492 e.